The molecule has 6 heteroatoms. The normalized spacial score (nSPS) is 11.6. The lowest BCUT2D eigenvalue weighted by Crippen LogP contribution is -2.31. The van der Waals surface area contributed by atoms with Gasteiger partial charge in [-0.15, -0.1) is 0 Å². The van der Waals surface area contributed by atoms with Crippen molar-refractivity contribution in [2.45, 2.75) is 33.4 Å². The van der Waals surface area contributed by atoms with Crippen LogP contribution >= 0.6 is 0 Å². The highest BCUT2D eigenvalue weighted by molar-refractivity contribution is 5.93. The van der Waals surface area contributed by atoms with Crippen LogP contribution in [-0.4, -0.2) is 51.3 Å². The second kappa shape index (κ2) is 13.6. The summed E-state index contributed by atoms with van der Waals surface area (Å²) in [6.07, 6.45) is 0.865. The van der Waals surface area contributed by atoms with E-state index in [1.165, 1.54) is 11.1 Å². The number of aliphatic imine (C=N–C) groups is 1. The van der Waals surface area contributed by atoms with Crippen molar-refractivity contribution in [1.82, 2.24) is 10.2 Å². The van der Waals surface area contributed by atoms with Gasteiger partial charge in [-0.05, 0) is 36.3 Å². The summed E-state index contributed by atoms with van der Waals surface area (Å²) < 4.78 is 10.8. The number of nitrogens with one attached hydrogen (secondary N) is 2. The number of benzene rings is 2. The summed E-state index contributed by atoms with van der Waals surface area (Å²) in [7, 11) is 3.48. The summed E-state index contributed by atoms with van der Waals surface area (Å²) >= 11 is 0. The number of ether oxygens (including phenoxy) is 2. The number of hydrogen-bond acceptors (Lipinski definition) is 4. The molecule has 0 fully saturated rings. The molecule has 0 bridgehead atoms. The van der Waals surface area contributed by atoms with Gasteiger partial charge in [0.05, 0.1) is 6.61 Å². The lowest BCUT2D eigenvalue weighted by atomic mass is 10.1. The van der Waals surface area contributed by atoms with Crippen molar-refractivity contribution in [3.8, 4) is 5.75 Å². The second-order valence-electron chi connectivity index (χ2n) is 7.00. The molecule has 2 aromatic carbocycles. The summed E-state index contributed by atoms with van der Waals surface area (Å²) in [6, 6.07) is 16.5. The molecule has 0 heterocycles. The van der Waals surface area contributed by atoms with Crippen molar-refractivity contribution in [2.24, 2.45) is 4.99 Å². The zero-order valence-electron chi connectivity index (χ0n) is 18.8. The molecule has 0 unspecified atom stereocenters. The van der Waals surface area contributed by atoms with E-state index >= 15 is 0 Å². The van der Waals surface area contributed by atoms with Gasteiger partial charge >= 0.3 is 0 Å². The maximum Gasteiger partial charge on any atom is 0.195 e. The standard InChI is InChI=1S/C24H36N4O2/c1-5-28(6-2)19-21-12-8-7-11-20(21)18-26-24(25-3)27-22-13-9-14-23(17-22)30-16-10-15-29-4/h7-9,11-14,17H,5-6,10,15-16,18-19H2,1-4H3,(H2,25,26,27). The van der Waals surface area contributed by atoms with E-state index < -0.39 is 0 Å². The Morgan fingerprint density at radius 1 is 1.00 bits per heavy atom. The molecule has 0 aliphatic carbocycles. The van der Waals surface area contributed by atoms with Crippen LogP contribution in [0.25, 0.3) is 0 Å². The first-order valence-corrected chi connectivity index (χ1v) is 10.7. The molecule has 0 saturated heterocycles. The van der Waals surface area contributed by atoms with Crippen molar-refractivity contribution >= 4 is 11.6 Å². The van der Waals surface area contributed by atoms with E-state index in [2.05, 4.69) is 58.6 Å². The van der Waals surface area contributed by atoms with Crippen molar-refractivity contribution in [1.29, 1.82) is 0 Å². The molecule has 0 aliphatic rings. The van der Waals surface area contributed by atoms with Gasteiger partial charge < -0.3 is 20.1 Å². The fourth-order valence-corrected chi connectivity index (χ4v) is 3.12. The zero-order chi connectivity index (χ0) is 21.6. The lowest BCUT2D eigenvalue weighted by Gasteiger charge is -2.20. The minimum absolute atomic E-state index is 0.633. The van der Waals surface area contributed by atoms with Crippen LogP contribution in [0.5, 0.6) is 5.75 Å². The van der Waals surface area contributed by atoms with Gasteiger partial charge in [0.25, 0.3) is 0 Å². The molecule has 0 amide bonds. The molecule has 30 heavy (non-hydrogen) atoms. The van der Waals surface area contributed by atoms with Gasteiger partial charge in [-0.2, -0.15) is 0 Å². The number of guanidine groups is 1. The van der Waals surface area contributed by atoms with E-state index in [1.807, 2.05) is 24.3 Å². The first kappa shape index (κ1) is 23.7. The maximum atomic E-state index is 5.78. The number of rotatable bonds is 12. The summed E-state index contributed by atoms with van der Waals surface area (Å²) in [5.41, 5.74) is 3.56. The molecule has 0 radical (unpaired) electrons. The van der Waals surface area contributed by atoms with Gasteiger partial charge in [-0.1, -0.05) is 44.2 Å². The summed E-state index contributed by atoms with van der Waals surface area (Å²) in [6.45, 7) is 9.50. The largest absolute Gasteiger partial charge is 0.493 e. The molecule has 0 aromatic heterocycles. The van der Waals surface area contributed by atoms with Crippen LogP contribution in [0.2, 0.25) is 0 Å². The minimum atomic E-state index is 0.633. The Morgan fingerprint density at radius 3 is 2.47 bits per heavy atom. The predicted molar refractivity (Wildman–Crippen MR) is 125 cm³/mol. The Hall–Kier alpha value is -2.57. The first-order valence-electron chi connectivity index (χ1n) is 10.7. The minimum Gasteiger partial charge on any atom is -0.493 e. The van der Waals surface area contributed by atoms with Crippen LogP contribution in [0.3, 0.4) is 0 Å². The molecular formula is C24H36N4O2. The Balaban J connectivity index is 1.94. The van der Waals surface area contributed by atoms with Crippen LogP contribution in [0.4, 0.5) is 5.69 Å². The molecule has 6 nitrogen and oxygen atoms in total. The summed E-state index contributed by atoms with van der Waals surface area (Å²) in [5, 5.41) is 6.77. The van der Waals surface area contributed by atoms with E-state index in [1.54, 1.807) is 14.2 Å². The molecule has 2 N–H and O–H groups in total. The number of anilines is 1. The highest BCUT2D eigenvalue weighted by Crippen LogP contribution is 2.18. The quantitative estimate of drug-likeness (QED) is 0.312. The Kier molecular flexibility index (Phi) is 10.8. The number of nitrogens with zero attached hydrogens (tertiary/aromatic N) is 2. The van der Waals surface area contributed by atoms with Crippen LogP contribution in [0, 0.1) is 0 Å². The van der Waals surface area contributed by atoms with Crippen molar-refractivity contribution in [2.75, 3.05) is 45.8 Å². The lowest BCUT2D eigenvalue weighted by molar-refractivity contribution is 0.172. The highest BCUT2D eigenvalue weighted by atomic mass is 16.5. The van der Waals surface area contributed by atoms with Crippen LogP contribution in [0.1, 0.15) is 31.4 Å². The number of hydrogen-bond donors (Lipinski definition) is 2. The number of methoxy groups -OCH3 is 1. The molecule has 0 aliphatic heterocycles. The second-order valence-corrected chi connectivity index (χ2v) is 7.00. The van der Waals surface area contributed by atoms with E-state index in [0.717, 1.165) is 43.5 Å². The molecule has 2 aromatic rings. The Bertz CT molecular complexity index is 775. The molecule has 2 rings (SSSR count). The van der Waals surface area contributed by atoms with Gasteiger partial charge in [0, 0.05) is 52.0 Å². The van der Waals surface area contributed by atoms with Gasteiger partial charge in [-0.3, -0.25) is 9.89 Å². The monoisotopic (exact) mass is 412 g/mol. The van der Waals surface area contributed by atoms with Gasteiger partial charge in [0.2, 0.25) is 0 Å². The van der Waals surface area contributed by atoms with Crippen LogP contribution in [0.15, 0.2) is 53.5 Å². The topological polar surface area (TPSA) is 58.1 Å². The third kappa shape index (κ3) is 8.05. The van der Waals surface area contributed by atoms with Crippen LogP contribution in [-0.2, 0) is 17.8 Å². The smallest absolute Gasteiger partial charge is 0.195 e. The SMILES string of the molecule is CCN(CC)Cc1ccccc1CNC(=NC)Nc1cccc(OCCCOC)c1. The fraction of sp³-hybridized carbons (Fsp3) is 0.458. The van der Waals surface area contributed by atoms with E-state index in [4.69, 9.17) is 9.47 Å². The third-order valence-corrected chi connectivity index (χ3v) is 4.93. The first-order chi connectivity index (χ1) is 14.7. The van der Waals surface area contributed by atoms with E-state index in [-0.39, 0.29) is 0 Å². The molecule has 0 spiro atoms. The van der Waals surface area contributed by atoms with Gasteiger partial charge in [0.1, 0.15) is 5.75 Å². The zero-order valence-corrected chi connectivity index (χ0v) is 18.8. The maximum absolute atomic E-state index is 5.78. The Morgan fingerprint density at radius 2 is 1.77 bits per heavy atom. The van der Waals surface area contributed by atoms with Crippen molar-refractivity contribution in [3.05, 3.63) is 59.7 Å². The van der Waals surface area contributed by atoms with Gasteiger partial charge in [-0.25, -0.2) is 0 Å². The van der Waals surface area contributed by atoms with Crippen molar-refractivity contribution < 1.29 is 9.47 Å². The van der Waals surface area contributed by atoms with Gasteiger partial charge in [0.15, 0.2) is 5.96 Å². The molecule has 164 valence electrons. The third-order valence-electron chi connectivity index (χ3n) is 4.93. The van der Waals surface area contributed by atoms with E-state index in [0.29, 0.717) is 19.8 Å². The predicted octanol–water partition coefficient (Wildman–Crippen LogP) is 4.13. The highest BCUT2D eigenvalue weighted by Gasteiger charge is 2.07. The summed E-state index contributed by atoms with van der Waals surface area (Å²) in [4.78, 5) is 6.78. The molecular weight excluding hydrogens is 376 g/mol. The molecule has 0 atom stereocenters. The molecule has 0 saturated carbocycles. The fourth-order valence-electron chi connectivity index (χ4n) is 3.12. The Labute approximate surface area is 181 Å². The van der Waals surface area contributed by atoms with Crippen LogP contribution < -0.4 is 15.4 Å². The van der Waals surface area contributed by atoms with Crippen molar-refractivity contribution in [3.63, 3.8) is 0 Å². The average molecular weight is 413 g/mol. The van der Waals surface area contributed by atoms with E-state index in [9.17, 15) is 0 Å². The summed E-state index contributed by atoms with van der Waals surface area (Å²) in [5.74, 6) is 1.56. The average Bonchev–Trinajstić information content (AvgIpc) is 2.78.